The van der Waals surface area contributed by atoms with Crippen molar-refractivity contribution in [3.63, 3.8) is 0 Å². The summed E-state index contributed by atoms with van der Waals surface area (Å²) in [5.74, 6) is 0.952. The predicted octanol–water partition coefficient (Wildman–Crippen LogP) is 6.90. The first-order chi connectivity index (χ1) is 23.7. The molecule has 0 aliphatic heterocycles. The molecule has 0 radical (unpaired) electrons. The summed E-state index contributed by atoms with van der Waals surface area (Å²) in [6, 6.07) is 0. The third-order valence-electron chi connectivity index (χ3n) is 9.46. The van der Waals surface area contributed by atoms with Crippen LogP contribution in [0, 0.1) is 5.92 Å². The molecule has 0 aliphatic rings. The van der Waals surface area contributed by atoms with Gasteiger partial charge in [-0.25, -0.2) is 0 Å². The summed E-state index contributed by atoms with van der Waals surface area (Å²) < 4.78 is 0. The van der Waals surface area contributed by atoms with Crippen molar-refractivity contribution in [3.8, 4) is 0 Å². The zero-order chi connectivity index (χ0) is 34.9. The summed E-state index contributed by atoms with van der Waals surface area (Å²) in [5.41, 5.74) is 0. The second-order valence-corrected chi connectivity index (χ2v) is 14.3. The highest BCUT2D eigenvalue weighted by Crippen LogP contribution is 2.13. The van der Waals surface area contributed by atoms with Gasteiger partial charge in [-0.3, -0.25) is 4.79 Å². The van der Waals surface area contributed by atoms with E-state index in [1.54, 1.807) is 0 Å². The van der Waals surface area contributed by atoms with Gasteiger partial charge in [-0.2, -0.15) is 0 Å². The Morgan fingerprint density at radius 2 is 0.812 bits per heavy atom. The maximum absolute atomic E-state index is 12.2. The molecule has 0 atom stereocenters. The second-order valence-electron chi connectivity index (χ2n) is 14.3. The highest BCUT2D eigenvalue weighted by atomic mass is 16.1. The van der Waals surface area contributed by atoms with Crippen LogP contribution in [-0.2, 0) is 4.79 Å². The van der Waals surface area contributed by atoms with Crippen LogP contribution in [0.5, 0.6) is 0 Å². The predicted molar refractivity (Wildman–Crippen MR) is 212 cm³/mol. The van der Waals surface area contributed by atoms with Crippen molar-refractivity contribution in [3.05, 3.63) is 0 Å². The summed E-state index contributed by atoms with van der Waals surface area (Å²) in [6.45, 7) is 14.3. The average Bonchev–Trinajstić information content (AvgIpc) is 3.09. The molecule has 288 valence electrons. The van der Waals surface area contributed by atoms with E-state index in [2.05, 4.69) is 44.1 Å². The van der Waals surface area contributed by atoms with Gasteiger partial charge in [0, 0.05) is 13.0 Å². The van der Waals surface area contributed by atoms with Gasteiger partial charge in [0.1, 0.15) is 0 Å². The van der Waals surface area contributed by atoms with Crippen LogP contribution < -0.4 is 37.2 Å². The lowest BCUT2D eigenvalue weighted by molar-refractivity contribution is -0.121. The normalized spacial score (nSPS) is 11.6. The van der Waals surface area contributed by atoms with Gasteiger partial charge in [-0.1, -0.05) is 96.8 Å². The molecule has 0 aromatic heterocycles. The van der Waals surface area contributed by atoms with Gasteiger partial charge in [0.2, 0.25) is 5.91 Å². The van der Waals surface area contributed by atoms with E-state index in [1.807, 2.05) is 14.1 Å². The third kappa shape index (κ3) is 39.7. The Labute approximate surface area is 300 Å². The fraction of sp³-hybridized carbons (Fsp3) is 0.975. The lowest BCUT2D eigenvalue weighted by atomic mass is 10.00. The standard InChI is InChI=1S/C40H87N7O/c1-4-5-6-7-8-9-10-11-12-13-14-18-27-40(48)47-36-19-16-15-17-26-39(37-45-32-22-20-30-43-34-24-28-41-2)38-46-33-23-21-31-44-35-25-29-42-3/h39,41-46H,4-38H2,1-3H3,(H,47,48). The van der Waals surface area contributed by atoms with Crippen molar-refractivity contribution < 1.29 is 4.79 Å². The molecule has 8 nitrogen and oxygen atoms in total. The van der Waals surface area contributed by atoms with E-state index in [0.717, 1.165) is 84.8 Å². The monoisotopic (exact) mass is 682 g/mol. The van der Waals surface area contributed by atoms with Gasteiger partial charge < -0.3 is 37.2 Å². The SMILES string of the molecule is CCCCCCCCCCCCCCC(=O)NCCCCCCC(CNCCCCNCCCNC)CNCCCCNCCCNC. The minimum Gasteiger partial charge on any atom is -0.356 e. The van der Waals surface area contributed by atoms with E-state index in [4.69, 9.17) is 0 Å². The minimum atomic E-state index is 0.258. The average molecular weight is 682 g/mol. The maximum Gasteiger partial charge on any atom is 0.219 e. The summed E-state index contributed by atoms with van der Waals surface area (Å²) in [6.07, 6.45) is 30.3. The Morgan fingerprint density at radius 1 is 0.417 bits per heavy atom. The molecule has 0 unspecified atom stereocenters. The first kappa shape index (κ1) is 47.2. The number of unbranched alkanes of at least 4 members (excludes halogenated alkanes) is 16. The largest absolute Gasteiger partial charge is 0.356 e. The summed E-state index contributed by atoms with van der Waals surface area (Å²) in [4.78, 5) is 12.2. The molecule has 0 aliphatic carbocycles. The molecule has 0 heterocycles. The molecule has 0 rings (SSSR count). The van der Waals surface area contributed by atoms with Gasteiger partial charge in [-0.15, -0.1) is 0 Å². The number of hydrogen-bond donors (Lipinski definition) is 7. The van der Waals surface area contributed by atoms with Crippen LogP contribution in [0.1, 0.15) is 161 Å². The summed E-state index contributed by atoms with van der Waals surface area (Å²) >= 11 is 0. The van der Waals surface area contributed by atoms with Gasteiger partial charge in [0.15, 0.2) is 0 Å². The lowest BCUT2D eigenvalue weighted by Gasteiger charge is -2.19. The molecule has 48 heavy (non-hydrogen) atoms. The van der Waals surface area contributed by atoms with E-state index in [-0.39, 0.29) is 5.91 Å². The number of amides is 1. The molecule has 8 heteroatoms. The van der Waals surface area contributed by atoms with E-state index < -0.39 is 0 Å². The molecule has 1 amide bonds. The van der Waals surface area contributed by atoms with E-state index in [0.29, 0.717) is 12.3 Å². The summed E-state index contributed by atoms with van der Waals surface area (Å²) in [7, 11) is 4.04. The van der Waals surface area contributed by atoms with Crippen molar-refractivity contribution in [1.29, 1.82) is 0 Å². The van der Waals surface area contributed by atoms with Gasteiger partial charge >= 0.3 is 0 Å². The van der Waals surface area contributed by atoms with Gasteiger partial charge in [0.05, 0.1) is 0 Å². The topological polar surface area (TPSA) is 101 Å². The minimum absolute atomic E-state index is 0.258. The van der Waals surface area contributed by atoms with Crippen LogP contribution in [0.15, 0.2) is 0 Å². The molecule has 0 bridgehead atoms. The fourth-order valence-electron chi connectivity index (χ4n) is 6.27. The van der Waals surface area contributed by atoms with Crippen LogP contribution in [0.2, 0.25) is 0 Å². The number of nitrogens with one attached hydrogen (secondary N) is 7. The van der Waals surface area contributed by atoms with Crippen LogP contribution in [0.3, 0.4) is 0 Å². The lowest BCUT2D eigenvalue weighted by Crippen LogP contribution is -2.32. The summed E-state index contributed by atoms with van der Waals surface area (Å²) in [5, 5.41) is 24.2. The van der Waals surface area contributed by atoms with Crippen molar-refractivity contribution in [2.75, 3.05) is 86.1 Å². The van der Waals surface area contributed by atoms with Crippen molar-refractivity contribution in [2.24, 2.45) is 5.92 Å². The van der Waals surface area contributed by atoms with Crippen LogP contribution in [0.4, 0.5) is 0 Å². The van der Waals surface area contributed by atoms with E-state index >= 15 is 0 Å². The van der Waals surface area contributed by atoms with Gasteiger partial charge in [-0.05, 0) is 143 Å². The van der Waals surface area contributed by atoms with Gasteiger partial charge in [0.25, 0.3) is 0 Å². The zero-order valence-electron chi connectivity index (χ0n) is 32.7. The molecule has 0 fully saturated rings. The zero-order valence-corrected chi connectivity index (χ0v) is 32.7. The van der Waals surface area contributed by atoms with E-state index in [1.165, 1.54) is 135 Å². The first-order valence-electron chi connectivity index (χ1n) is 21.1. The Hall–Kier alpha value is -0.770. The quantitative estimate of drug-likeness (QED) is 0.0352. The second kappa shape index (κ2) is 42.4. The van der Waals surface area contributed by atoms with E-state index in [9.17, 15) is 4.79 Å². The molecule has 0 aromatic rings. The number of hydrogen-bond acceptors (Lipinski definition) is 7. The van der Waals surface area contributed by atoms with Crippen molar-refractivity contribution in [1.82, 2.24) is 37.2 Å². The molecular formula is C40H87N7O. The molecule has 0 saturated carbocycles. The molecule has 0 spiro atoms. The van der Waals surface area contributed by atoms with Crippen LogP contribution in [0.25, 0.3) is 0 Å². The molecule has 7 N–H and O–H groups in total. The van der Waals surface area contributed by atoms with Crippen LogP contribution in [-0.4, -0.2) is 92.0 Å². The third-order valence-corrected chi connectivity index (χ3v) is 9.46. The molecule has 0 aromatic carbocycles. The van der Waals surface area contributed by atoms with Crippen LogP contribution >= 0.6 is 0 Å². The molecular weight excluding hydrogens is 594 g/mol. The number of rotatable bonds is 42. The highest BCUT2D eigenvalue weighted by molar-refractivity contribution is 5.75. The Morgan fingerprint density at radius 3 is 1.31 bits per heavy atom. The van der Waals surface area contributed by atoms with Crippen molar-refractivity contribution in [2.45, 2.75) is 161 Å². The first-order valence-corrected chi connectivity index (χ1v) is 21.1. The Kier molecular flexibility index (Phi) is 41.7. The number of carbonyl (C=O) groups excluding carboxylic acids is 1. The highest BCUT2D eigenvalue weighted by Gasteiger charge is 2.08. The number of carbonyl (C=O) groups is 1. The van der Waals surface area contributed by atoms with Crippen molar-refractivity contribution >= 4 is 5.91 Å². The Bertz CT molecular complexity index is 586. The smallest absolute Gasteiger partial charge is 0.219 e. The fourth-order valence-corrected chi connectivity index (χ4v) is 6.27. The maximum atomic E-state index is 12.2. The Balaban J connectivity index is 3.88. The molecule has 0 saturated heterocycles.